The Balaban J connectivity index is 1.37. The molecule has 4 rings (SSSR count). The molecule has 0 spiro atoms. The molecule has 3 aromatic rings. The van der Waals surface area contributed by atoms with Crippen LogP contribution in [0.2, 0.25) is 0 Å². The van der Waals surface area contributed by atoms with Crippen LogP contribution in [0.1, 0.15) is 12.8 Å². The van der Waals surface area contributed by atoms with Gasteiger partial charge in [0.15, 0.2) is 0 Å². The summed E-state index contributed by atoms with van der Waals surface area (Å²) >= 11 is 0. The van der Waals surface area contributed by atoms with Crippen molar-refractivity contribution in [3.05, 3.63) is 55.4 Å². The second-order valence-electron chi connectivity index (χ2n) is 6.94. The molecule has 1 unspecified atom stereocenters. The van der Waals surface area contributed by atoms with Gasteiger partial charge in [0.25, 0.3) is 0 Å². The minimum atomic E-state index is -0.543. The Hall–Kier alpha value is -3.00. The molecule has 1 aromatic carbocycles. The molecule has 3 atom stereocenters. The lowest BCUT2D eigenvalue weighted by atomic mass is 10.1. The van der Waals surface area contributed by atoms with Gasteiger partial charge in [0.05, 0.1) is 12.1 Å². The van der Waals surface area contributed by atoms with Crippen LogP contribution < -0.4 is 5.32 Å². The molecule has 8 nitrogen and oxygen atoms in total. The SMILES string of the molecule is O=C(Cn1cncn1)N[C@@H]1CC(Cn2ccnc2-c2ccccc2)C[C@H]1O. The summed E-state index contributed by atoms with van der Waals surface area (Å²) in [6.45, 7) is 0.865. The van der Waals surface area contributed by atoms with Crippen molar-refractivity contribution in [1.82, 2.24) is 29.6 Å². The number of carbonyl (C=O) groups is 1. The maximum absolute atomic E-state index is 12.1. The predicted octanol–water partition coefficient (Wildman–Crippen LogP) is 1.10. The molecular formula is C19H22N6O2. The molecule has 1 aliphatic carbocycles. The van der Waals surface area contributed by atoms with E-state index in [4.69, 9.17) is 0 Å². The van der Waals surface area contributed by atoms with Crippen molar-refractivity contribution in [2.45, 2.75) is 38.1 Å². The fourth-order valence-electron chi connectivity index (χ4n) is 3.72. The van der Waals surface area contributed by atoms with E-state index < -0.39 is 6.10 Å². The minimum Gasteiger partial charge on any atom is -0.391 e. The van der Waals surface area contributed by atoms with Crippen LogP contribution in [0.3, 0.4) is 0 Å². The van der Waals surface area contributed by atoms with Crippen LogP contribution in [0.5, 0.6) is 0 Å². The molecule has 8 heteroatoms. The zero-order valence-electron chi connectivity index (χ0n) is 14.8. The van der Waals surface area contributed by atoms with Gasteiger partial charge in [0.2, 0.25) is 5.91 Å². The molecular weight excluding hydrogens is 344 g/mol. The first kappa shape index (κ1) is 17.4. The van der Waals surface area contributed by atoms with Gasteiger partial charge in [-0.05, 0) is 18.8 Å². The van der Waals surface area contributed by atoms with Crippen molar-refractivity contribution in [2.75, 3.05) is 0 Å². The standard InChI is InChI=1S/C19H22N6O2/c26-17-9-14(8-16(17)23-18(27)11-25-13-20-12-22-25)10-24-7-6-21-19(24)15-4-2-1-3-5-15/h1-7,12-14,16-17,26H,8-11H2,(H,23,27)/t14?,16-,17-/m1/s1. The molecule has 0 radical (unpaired) electrons. The number of benzene rings is 1. The average molecular weight is 366 g/mol. The lowest BCUT2D eigenvalue weighted by Gasteiger charge is -2.16. The number of nitrogens with one attached hydrogen (secondary N) is 1. The second kappa shape index (κ2) is 7.71. The summed E-state index contributed by atoms with van der Waals surface area (Å²) in [6.07, 6.45) is 7.49. The van der Waals surface area contributed by atoms with E-state index in [2.05, 4.69) is 25.0 Å². The normalized spacial score (nSPS) is 22.0. The molecule has 1 saturated carbocycles. The molecule has 0 aliphatic heterocycles. The van der Waals surface area contributed by atoms with E-state index in [9.17, 15) is 9.90 Å². The Kier molecular flexibility index (Phi) is 4.97. The van der Waals surface area contributed by atoms with E-state index in [1.807, 2.05) is 36.5 Å². The summed E-state index contributed by atoms with van der Waals surface area (Å²) in [5, 5.41) is 17.2. The minimum absolute atomic E-state index is 0.105. The summed E-state index contributed by atoms with van der Waals surface area (Å²) < 4.78 is 3.58. The number of nitrogens with zero attached hydrogens (tertiary/aromatic N) is 5. The number of aromatic nitrogens is 5. The van der Waals surface area contributed by atoms with E-state index >= 15 is 0 Å². The molecule has 1 fully saturated rings. The number of aliphatic hydroxyl groups is 1. The fraction of sp³-hybridized carbons (Fsp3) is 0.368. The number of rotatable bonds is 6. The molecule has 2 aromatic heterocycles. The summed E-state index contributed by atoms with van der Waals surface area (Å²) in [6, 6.07) is 9.81. The van der Waals surface area contributed by atoms with Crippen LogP contribution in [0.15, 0.2) is 55.4 Å². The Morgan fingerprint density at radius 2 is 2.11 bits per heavy atom. The van der Waals surface area contributed by atoms with Crippen molar-refractivity contribution >= 4 is 5.91 Å². The first-order valence-electron chi connectivity index (χ1n) is 9.05. The first-order chi connectivity index (χ1) is 13.2. The molecule has 0 bridgehead atoms. The van der Waals surface area contributed by atoms with Gasteiger partial charge in [-0.2, -0.15) is 5.10 Å². The number of hydrogen-bond acceptors (Lipinski definition) is 5. The Bertz CT molecular complexity index is 877. The Labute approximate surface area is 156 Å². The molecule has 2 heterocycles. The predicted molar refractivity (Wildman–Crippen MR) is 98.3 cm³/mol. The van der Waals surface area contributed by atoms with E-state index in [1.165, 1.54) is 17.3 Å². The summed E-state index contributed by atoms with van der Waals surface area (Å²) in [5.41, 5.74) is 1.07. The summed E-state index contributed by atoms with van der Waals surface area (Å²) in [7, 11) is 0. The largest absolute Gasteiger partial charge is 0.391 e. The van der Waals surface area contributed by atoms with Crippen LogP contribution in [0.4, 0.5) is 0 Å². The highest BCUT2D eigenvalue weighted by Gasteiger charge is 2.34. The topological polar surface area (TPSA) is 97.9 Å². The van der Waals surface area contributed by atoms with Crippen molar-refractivity contribution < 1.29 is 9.90 Å². The van der Waals surface area contributed by atoms with Gasteiger partial charge in [0.1, 0.15) is 25.0 Å². The Morgan fingerprint density at radius 1 is 1.26 bits per heavy atom. The van der Waals surface area contributed by atoms with Gasteiger partial charge in [-0.1, -0.05) is 30.3 Å². The Morgan fingerprint density at radius 3 is 2.89 bits per heavy atom. The van der Waals surface area contributed by atoms with Gasteiger partial charge < -0.3 is 15.0 Å². The van der Waals surface area contributed by atoms with Crippen molar-refractivity contribution in [3.63, 3.8) is 0 Å². The highest BCUT2D eigenvalue weighted by molar-refractivity contribution is 5.76. The monoisotopic (exact) mass is 366 g/mol. The van der Waals surface area contributed by atoms with Gasteiger partial charge in [-0.3, -0.25) is 4.79 Å². The lowest BCUT2D eigenvalue weighted by Crippen LogP contribution is -2.41. The maximum Gasteiger partial charge on any atom is 0.242 e. The van der Waals surface area contributed by atoms with Gasteiger partial charge in [-0.15, -0.1) is 0 Å². The lowest BCUT2D eigenvalue weighted by molar-refractivity contribution is -0.123. The average Bonchev–Trinajstić information content (AvgIpc) is 3.39. The van der Waals surface area contributed by atoms with Crippen LogP contribution >= 0.6 is 0 Å². The molecule has 2 N–H and O–H groups in total. The van der Waals surface area contributed by atoms with Gasteiger partial charge in [-0.25, -0.2) is 14.6 Å². The second-order valence-corrected chi connectivity index (χ2v) is 6.94. The van der Waals surface area contributed by atoms with E-state index in [1.54, 1.807) is 6.20 Å². The van der Waals surface area contributed by atoms with Crippen LogP contribution in [0, 0.1) is 5.92 Å². The zero-order chi connectivity index (χ0) is 18.6. The smallest absolute Gasteiger partial charge is 0.242 e. The fourth-order valence-corrected chi connectivity index (χ4v) is 3.72. The molecule has 0 saturated heterocycles. The van der Waals surface area contributed by atoms with E-state index in [0.717, 1.165) is 24.4 Å². The highest BCUT2D eigenvalue weighted by Crippen LogP contribution is 2.29. The van der Waals surface area contributed by atoms with Crippen LogP contribution in [-0.4, -0.2) is 47.5 Å². The third-order valence-electron chi connectivity index (χ3n) is 4.95. The van der Waals surface area contributed by atoms with Crippen molar-refractivity contribution in [3.8, 4) is 11.4 Å². The van der Waals surface area contributed by atoms with E-state index in [0.29, 0.717) is 6.42 Å². The third kappa shape index (κ3) is 4.06. The van der Waals surface area contributed by atoms with Crippen molar-refractivity contribution in [2.24, 2.45) is 5.92 Å². The maximum atomic E-state index is 12.1. The molecule has 27 heavy (non-hydrogen) atoms. The molecule has 1 amide bonds. The number of aliphatic hydroxyl groups excluding tert-OH is 1. The number of carbonyl (C=O) groups excluding carboxylic acids is 1. The van der Waals surface area contributed by atoms with E-state index in [-0.39, 0.29) is 24.4 Å². The third-order valence-corrected chi connectivity index (χ3v) is 4.95. The zero-order valence-corrected chi connectivity index (χ0v) is 14.8. The molecule has 1 aliphatic rings. The van der Waals surface area contributed by atoms with Crippen LogP contribution in [0.25, 0.3) is 11.4 Å². The van der Waals surface area contributed by atoms with Gasteiger partial charge >= 0.3 is 0 Å². The first-order valence-corrected chi connectivity index (χ1v) is 9.05. The summed E-state index contributed by atoms with van der Waals surface area (Å²) in [4.78, 5) is 20.4. The number of amides is 1. The number of hydrogen-bond donors (Lipinski definition) is 2. The van der Waals surface area contributed by atoms with Gasteiger partial charge in [0, 0.05) is 24.5 Å². The van der Waals surface area contributed by atoms with Crippen molar-refractivity contribution in [1.29, 1.82) is 0 Å². The quantitative estimate of drug-likeness (QED) is 0.681. The van der Waals surface area contributed by atoms with Crippen LogP contribution in [-0.2, 0) is 17.9 Å². The molecule has 140 valence electrons. The highest BCUT2D eigenvalue weighted by atomic mass is 16.3. The number of imidazole rings is 1. The summed E-state index contributed by atoms with van der Waals surface area (Å²) in [5.74, 6) is 1.02.